The van der Waals surface area contributed by atoms with Crippen molar-refractivity contribution in [3.63, 3.8) is 0 Å². The van der Waals surface area contributed by atoms with Crippen molar-refractivity contribution in [3.8, 4) is 0 Å². The summed E-state index contributed by atoms with van der Waals surface area (Å²) in [6.07, 6.45) is 3.42. The highest BCUT2D eigenvalue weighted by atomic mass is 16.2. The number of rotatable bonds is 4. The van der Waals surface area contributed by atoms with E-state index in [9.17, 15) is 9.59 Å². The monoisotopic (exact) mass is 402 g/mol. The first-order chi connectivity index (χ1) is 14.6. The van der Waals surface area contributed by atoms with E-state index in [0.717, 1.165) is 0 Å². The van der Waals surface area contributed by atoms with Gasteiger partial charge in [0, 0.05) is 49.7 Å². The Kier molecular flexibility index (Phi) is 5.56. The minimum absolute atomic E-state index is 0.0529. The predicted molar refractivity (Wildman–Crippen MR) is 115 cm³/mol. The van der Waals surface area contributed by atoms with Gasteiger partial charge in [-0.3, -0.25) is 9.59 Å². The van der Waals surface area contributed by atoms with Gasteiger partial charge in [0.05, 0.1) is 11.4 Å². The van der Waals surface area contributed by atoms with Gasteiger partial charge in [0.25, 0.3) is 11.8 Å². The lowest BCUT2D eigenvalue weighted by Gasteiger charge is -2.34. The van der Waals surface area contributed by atoms with Gasteiger partial charge in [-0.1, -0.05) is 12.1 Å². The Balaban J connectivity index is 1.36. The molecule has 1 aromatic heterocycles. The van der Waals surface area contributed by atoms with E-state index >= 15 is 0 Å². The summed E-state index contributed by atoms with van der Waals surface area (Å²) in [6, 6.07) is 15.5. The van der Waals surface area contributed by atoms with Crippen molar-refractivity contribution in [3.05, 3.63) is 78.1 Å². The first-order valence-corrected chi connectivity index (χ1v) is 9.69. The van der Waals surface area contributed by atoms with Gasteiger partial charge in [-0.05, 0) is 42.5 Å². The fourth-order valence-corrected chi connectivity index (χ4v) is 3.32. The normalized spacial score (nSPS) is 13.7. The molecule has 1 aliphatic heterocycles. The van der Waals surface area contributed by atoms with Crippen molar-refractivity contribution in [2.75, 3.05) is 42.1 Å². The lowest BCUT2D eigenvalue weighted by Crippen LogP contribution is -2.49. The topological polar surface area (TPSA) is 104 Å². The number of nitrogen functional groups attached to an aromatic ring is 1. The fourth-order valence-electron chi connectivity index (χ4n) is 3.32. The van der Waals surface area contributed by atoms with E-state index in [-0.39, 0.29) is 11.8 Å². The molecule has 0 atom stereocenters. The molecule has 30 heavy (non-hydrogen) atoms. The molecule has 0 bridgehead atoms. The Morgan fingerprint density at radius 3 is 2.13 bits per heavy atom. The predicted octanol–water partition coefficient (Wildman–Crippen LogP) is 2.27. The van der Waals surface area contributed by atoms with Crippen LogP contribution < -0.4 is 16.0 Å². The highest BCUT2D eigenvalue weighted by molar-refractivity contribution is 6.06. The minimum atomic E-state index is -0.275. The summed E-state index contributed by atoms with van der Waals surface area (Å²) in [6.45, 7) is 2.53. The first-order valence-electron chi connectivity index (χ1n) is 9.69. The van der Waals surface area contributed by atoms with Crippen molar-refractivity contribution in [2.45, 2.75) is 0 Å². The molecule has 1 saturated heterocycles. The first kappa shape index (κ1) is 19.4. The standard InChI is InChI=1S/C22H22N6O2/c23-18-4-1-2-5-19(18)26-20(29)16-6-8-17(9-7-16)21(30)27-12-14-28(15-13-27)22-24-10-3-11-25-22/h1-11H,12-15,23H2,(H,26,29). The molecule has 0 aliphatic carbocycles. The maximum Gasteiger partial charge on any atom is 0.255 e. The number of carbonyl (C=O) groups excluding carboxylic acids is 2. The molecule has 8 nitrogen and oxygen atoms in total. The van der Waals surface area contributed by atoms with Gasteiger partial charge in [-0.2, -0.15) is 0 Å². The van der Waals surface area contributed by atoms with Gasteiger partial charge in [0.1, 0.15) is 0 Å². The number of nitrogens with one attached hydrogen (secondary N) is 1. The van der Waals surface area contributed by atoms with E-state index < -0.39 is 0 Å². The molecule has 0 spiro atoms. The maximum atomic E-state index is 12.8. The molecule has 2 amide bonds. The molecule has 4 rings (SSSR count). The summed E-state index contributed by atoms with van der Waals surface area (Å²) in [5.74, 6) is 0.352. The average Bonchev–Trinajstić information content (AvgIpc) is 2.81. The van der Waals surface area contributed by atoms with Crippen LogP contribution in [0.25, 0.3) is 0 Å². The molecule has 1 fully saturated rings. The minimum Gasteiger partial charge on any atom is -0.397 e. The second kappa shape index (κ2) is 8.60. The number of amides is 2. The average molecular weight is 402 g/mol. The number of nitrogens with zero attached hydrogens (tertiary/aromatic N) is 4. The number of benzene rings is 2. The number of para-hydroxylation sites is 2. The summed E-state index contributed by atoms with van der Waals surface area (Å²) in [4.78, 5) is 37.6. The number of anilines is 3. The molecular weight excluding hydrogens is 380 g/mol. The molecule has 2 aromatic carbocycles. The number of aromatic nitrogens is 2. The largest absolute Gasteiger partial charge is 0.397 e. The van der Waals surface area contributed by atoms with Gasteiger partial charge in [-0.15, -0.1) is 0 Å². The van der Waals surface area contributed by atoms with Gasteiger partial charge in [-0.25, -0.2) is 9.97 Å². The summed E-state index contributed by atoms with van der Waals surface area (Å²) < 4.78 is 0. The van der Waals surface area contributed by atoms with Crippen molar-refractivity contribution < 1.29 is 9.59 Å². The molecule has 0 unspecified atom stereocenters. The SMILES string of the molecule is Nc1ccccc1NC(=O)c1ccc(C(=O)N2CCN(c3ncccn3)CC2)cc1. The van der Waals surface area contributed by atoms with Gasteiger partial charge in [0.15, 0.2) is 0 Å². The lowest BCUT2D eigenvalue weighted by atomic mass is 10.1. The Hall–Kier alpha value is -3.94. The molecule has 3 N–H and O–H groups in total. The Morgan fingerprint density at radius 2 is 1.47 bits per heavy atom. The maximum absolute atomic E-state index is 12.8. The van der Waals surface area contributed by atoms with Crippen LogP contribution in [0.3, 0.4) is 0 Å². The zero-order valence-electron chi connectivity index (χ0n) is 16.4. The van der Waals surface area contributed by atoms with Crippen molar-refractivity contribution in [1.82, 2.24) is 14.9 Å². The molecule has 152 valence electrons. The third-order valence-electron chi connectivity index (χ3n) is 5.00. The van der Waals surface area contributed by atoms with E-state index in [4.69, 9.17) is 5.73 Å². The van der Waals surface area contributed by atoms with Crippen LogP contribution in [-0.2, 0) is 0 Å². The Morgan fingerprint density at radius 1 is 0.833 bits per heavy atom. The summed E-state index contributed by atoms with van der Waals surface area (Å²) in [5.41, 5.74) is 7.93. The van der Waals surface area contributed by atoms with Crippen molar-refractivity contribution in [1.29, 1.82) is 0 Å². The van der Waals surface area contributed by atoms with Crippen LogP contribution in [0.5, 0.6) is 0 Å². The third kappa shape index (κ3) is 4.22. The Bertz CT molecular complexity index is 1030. The van der Waals surface area contributed by atoms with Crippen LogP contribution in [0, 0.1) is 0 Å². The number of piperazine rings is 1. The van der Waals surface area contributed by atoms with Gasteiger partial charge >= 0.3 is 0 Å². The van der Waals surface area contributed by atoms with Crippen LogP contribution in [-0.4, -0.2) is 52.9 Å². The van der Waals surface area contributed by atoms with Crippen LogP contribution in [0.1, 0.15) is 20.7 Å². The van der Waals surface area contributed by atoms with Crippen molar-refractivity contribution >= 4 is 29.1 Å². The molecule has 0 radical (unpaired) electrons. The molecule has 3 aromatic rings. The highest BCUT2D eigenvalue weighted by Gasteiger charge is 2.23. The lowest BCUT2D eigenvalue weighted by molar-refractivity contribution is 0.0745. The van der Waals surface area contributed by atoms with Crippen LogP contribution in [0.4, 0.5) is 17.3 Å². The molecule has 0 saturated carbocycles. The van der Waals surface area contributed by atoms with E-state index in [1.54, 1.807) is 71.9 Å². The fraction of sp³-hybridized carbons (Fsp3) is 0.182. The molecule has 8 heteroatoms. The van der Waals surface area contributed by atoms with E-state index in [1.807, 2.05) is 0 Å². The van der Waals surface area contributed by atoms with Crippen LogP contribution >= 0.6 is 0 Å². The quantitative estimate of drug-likeness (QED) is 0.649. The smallest absolute Gasteiger partial charge is 0.255 e. The van der Waals surface area contributed by atoms with Gasteiger partial charge in [0.2, 0.25) is 5.95 Å². The van der Waals surface area contributed by atoms with E-state index in [2.05, 4.69) is 20.2 Å². The molecule has 2 heterocycles. The second-order valence-electron chi connectivity index (χ2n) is 6.95. The number of hydrogen-bond acceptors (Lipinski definition) is 6. The zero-order chi connectivity index (χ0) is 20.9. The number of hydrogen-bond donors (Lipinski definition) is 2. The zero-order valence-corrected chi connectivity index (χ0v) is 16.4. The van der Waals surface area contributed by atoms with Crippen LogP contribution in [0.15, 0.2) is 67.0 Å². The number of nitrogens with two attached hydrogens (primary N) is 1. The van der Waals surface area contributed by atoms with Crippen molar-refractivity contribution in [2.24, 2.45) is 0 Å². The van der Waals surface area contributed by atoms with Crippen LogP contribution in [0.2, 0.25) is 0 Å². The third-order valence-corrected chi connectivity index (χ3v) is 5.00. The molecule has 1 aliphatic rings. The van der Waals surface area contributed by atoms with Gasteiger partial charge < -0.3 is 20.9 Å². The second-order valence-corrected chi connectivity index (χ2v) is 6.95. The molecular formula is C22H22N6O2. The van der Waals surface area contributed by atoms with E-state index in [0.29, 0.717) is 54.6 Å². The summed E-state index contributed by atoms with van der Waals surface area (Å²) in [5, 5.41) is 2.78. The summed E-state index contributed by atoms with van der Waals surface area (Å²) in [7, 11) is 0. The number of carbonyl (C=O) groups is 2. The Labute approximate surface area is 174 Å². The summed E-state index contributed by atoms with van der Waals surface area (Å²) >= 11 is 0. The highest BCUT2D eigenvalue weighted by Crippen LogP contribution is 2.18. The van der Waals surface area contributed by atoms with E-state index in [1.165, 1.54) is 0 Å².